The van der Waals surface area contributed by atoms with Crippen LogP contribution in [0.2, 0.25) is 10.0 Å². The Labute approximate surface area is 208 Å². The van der Waals surface area contributed by atoms with Crippen LogP contribution in [0, 0.1) is 17.8 Å². The van der Waals surface area contributed by atoms with Crippen LogP contribution in [0.15, 0.2) is 17.1 Å². The van der Waals surface area contributed by atoms with E-state index in [1.54, 1.807) is 12.1 Å². The Hall–Kier alpha value is -2.45. The first-order valence-electron chi connectivity index (χ1n) is 11.7. The Morgan fingerprint density at radius 1 is 1.15 bits per heavy atom. The molecule has 2 aliphatic heterocycles. The summed E-state index contributed by atoms with van der Waals surface area (Å²) in [6, 6.07) is 2.54. The van der Waals surface area contributed by atoms with Crippen molar-refractivity contribution in [3.63, 3.8) is 0 Å². The maximum atomic E-state index is 13.2. The molecule has 1 aliphatic carbocycles. The van der Waals surface area contributed by atoms with Crippen molar-refractivity contribution in [2.45, 2.75) is 57.4 Å². The Balaban J connectivity index is 1.43. The van der Waals surface area contributed by atoms with Gasteiger partial charge in [-0.2, -0.15) is 0 Å². The highest BCUT2D eigenvalue weighted by molar-refractivity contribution is 6.44. The van der Waals surface area contributed by atoms with Gasteiger partial charge in [-0.25, -0.2) is 4.99 Å². The molecule has 182 valence electrons. The number of amides is 3. The van der Waals surface area contributed by atoms with Crippen LogP contribution in [-0.4, -0.2) is 41.8 Å². The van der Waals surface area contributed by atoms with E-state index in [0.29, 0.717) is 46.6 Å². The van der Waals surface area contributed by atoms with Gasteiger partial charge in [-0.3, -0.25) is 19.2 Å². The molecular formula is C24H28Cl2N4O4. The van der Waals surface area contributed by atoms with Crippen molar-refractivity contribution >= 4 is 58.1 Å². The smallest absolute Gasteiger partial charge is 0.266 e. The van der Waals surface area contributed by atoms with E-state index in [0.717, 1.165) is 19.3 Å². The Morgan fingerprint density at radius 3 is 2.53 bits per heavy atom. The highest BCUT2D eigenvalue weighted by Crippen LogP contribution is 2.39. The van der Waals surface area contributed by atoms with E-state index in [2.05, 4.69) is 15.6 Å². The van der Waals surface area contributed by atoms with Gasteiger partial charge in [-0.05, 0) is 43.7 Å². The lowest BCUT2D eigenvalue weighted by Gasteiger charge is -2.25. The van der Waals surface area contributed by atoms with Gasteiger partial charge in [0, 0.05) is 41.8 Å². The van der Waals surface area contributed by atoms with Crippen LogP contribution in [0.4, 0.5) is 5.69 Å². The van der Waals surface area contributed by atoms with Gasteiger partial charge in [0.1, 0.15) is 5.71 Å². The molecule has 0 radical (unpaired) electrons. The fourth-order valence-electron chi connectivity index (χ4n) is 4.63. The number of hydrogen-bond acceptors (Lipinski definition) is 5. The molecule has 1 aromatic rings. The lowest BCUT2D eigenvalue weighted by molar-refractivity contribution is -0.132. The van der Waals surface area contributed by atoms with Gasteiger partial charge >= 0.3 is 0 Å². The van der Waals surface area contributed by atoms with Crippen molar-refractivity contribution in [3.8, 4) is 0 Å². The van der Waals surface area contributed by atoms with Crippen LogP contribution in [0.5, 0.6) is 0 Å². The molecule has 0 bridgehead atoms. The van der Waals surface area contributed by atoms with Gasteiger partial charge in [0.25, 0.3) is 5.91 Å². The summed E-state index contributed by atoms with van der Waals surface area (Å²) in [6.45, 7) is 0.620. The molecule has 3 aliphatic rings. The normalized spacial score (nSPS) is 21.2. The number of nitrogens with two attached hydrogens (primary N) is 1. The van der Waals surface area contributed by atoms with Crippen molar-refractivity contribution in [1.29, 1.82) is 0 Å². The average Bonchev–Trinajstić information content (AvgIpc) is 3.49. The molecule has 1 aromatic carbocycles. The van der Waals surface area contributed by atoms with Crippen LogP contribution < -0.4 is 16.4 Å². The number of benzene rings is 1. The molecule has 8 nitrogen and oxygen atoms in total. The highest BCUT2D eigenvalue weighted by Gasteiger charge is 2.35. The maximum absolute atomic E-state index is 13.2. The second-order valence-electron chi connectivity index (χ2n) is 9.43. The Morgan fingerprint density at radius 2 is 1.88 bits per heavy atom. The number of aliphatic imine (C=N–C) groups is 1. The summed E-state index contributed by atoms with van der Waals surface area (Å²) in [4.78, 5) is 54.8. The first-order valence-corrected chi connectivity index (χ1v) is 12.4. The fourth-order valence-corrected chi connectivity index (χ4v) is 5.07. The lowest BCUT2D eigenvalue weighted by atomic mass is 9.84. The number of hydrogen-bond donors (Lipinski definition) is 3. The highest BCUT2D eigenvalue weighted by atomic mass is 35.5. The number of carbonyl (C=O) groups excluding carboxylic acids is 4. The van der Waals surface area contributed by atoms with Crippen LogP contribution >= 0.6 is 23.2 Å². The number of fused-ring (bicyclic) bond motifs is 1. The van der Waals surface area contributed by atoms with Gasteiger partial charge < -0.3 is 16.4 Å². The van der Waals surface area contributed by atoms with E-state index in [1.807, 2.05) is 0 Å². The predicted octanol–water partition coefficient (Wildman–Crippen LogP) is 2.88. The number of ketones is 1. The number of primary amides is 1. The van der Waals surface area contributed by atoms with E-state index in [1.165, 1.54) is 0 Å². The predicted molar refractivity (Wildman–Crippen MR) is 129 cm³/mol. The molecule has 34 heavy (non-hydrogen) atoms. The molecule has 4 N–H and O–H groups in total. The van der Waals surface area contributed by atoms with E-state index in [4.69, 9.17) is 28.9 Å². The SMILES string of the molecule is NC(=O)[C@@H](CC(=O)[C@H](CC1CC1)NC(=O)C1=Nc2c(Cl)ccc(Cl)c2C1)C[C@@H]1CCCNC1=O. The van der Waals surface area contributed by atoms with Crippen LogP contribution in [0.1, 0.15) is 50.5 Å². The second kappa shape index (κ2) is 10.4. The van der Waals surface area contributed by atoms with E-state index < -0.39 is 23.8 Å². The summed E-state index contributed by atoms with van der Waals surface area (Å²) in [5.74, 6) is -2.16. The summed E-state index contributed by atoms with van der Waals surface area (Å²) < 4.78 is 0. The molecule has 3 amide bonds. The molecule has 1 saturated heterocycles. The molecule has 4 rings (SSSR count). The molecule has 10 heteroatoms. The average molecular weight is 507 g/mol. The van der Waals surface area contributed by atoms with Gasteiger partial charge in [0.15, 0.2) is 5.78 Å². The van der Waals surface area contributed by atoms with Crippen molar-refractivity contribution in [2.75, 3.05) is 6.54 Å². The zero-order valence-corrected chi connectivity index (χ0v) is 20.3. The topological polar surface area (TPSA) is 131 Å². The molecule has 0 unspecified atom stereocenters. The van der Waals surface area contributed by atoms with Crippen LogP contribution in [0.3, 0.4) is 0 Å². The van der Waals surface area contributed by atoms with Gasteiger partial charge in [-0.1, -0.05) is 36.0 Å². The molecule has 3 atom stereocenters. The minimum atomic E-state index is -0.759. The maximum Gasteiger partial charge on any atom is 0.266 e. The third-order valence-electron chi connectivity index (χ3n) is 6.81. The summed E-state index contributed by atoms with van der Waals surface area (Å²) in [7, 11) is 0. The van der Waals surface area contributed by atoms with Gasteiger partial charge in [-0.15, -0.1) is 0 Å². The Bertz CT molecular complexity index is 1050. The monoisotopic (exact) mass is 506 g/mol. The molecule has 0 aromatic heterocycles. The number of nitrogens with zero attached hydrogens (tertiary/aromatic N) is 1. The lowest BCUT2D eigenvalue weighted by Crippen LogP contribution is -2.46. The molecule has 2 heterocycles. The molecule has 1 saturated carbocycles. The second-order valence-corrected chi connectivity index (χ2v) is 10.2. The fraction of sp³-hybridized carbons (Fsp3) is 0.542. The zero-order valence-electron chi connectivity index (χ0n) is 18.7. The largest absolute Gasteiger partial charge is 0.369 e. The van der Waals surface area contributed by atoms with Crippen LogP contribution in [-0.2, 0) is 25.6 Å². The van der Waals surface area contributed by atoms with Crippen molar-refractivity contribution < 1.29 is 19.2 Å². The summed E-state index contributed by atoms with van der Waals surface area (Å²) in [5, 5.41) is 6.50. The first kappa shape index (κ1) is 24.7. The van der Waals surface area contributed by atoms with E-state index in [-0.39, 0.29) is 42.6 Å². The van der Waals surface area contributed by atoms with Gasteiger partial charge in [0.2, 0.25) is 11.8 Å². The summed E-state index contributed by atoms with van der Waals surface area (Å²) in [5.41, 5.74) is 6.98. The van der Waals surface area contributed by atoms with E-state index >= 15 is 0 Å². The minimum absolute atomic E-state index is 0.107. The van der Waals surface area contributed by atoms with Crippen molar-refractivity contribution in [1.82, 2.24) is 10.6 Å². The number of piperidine rings is 1. The number of rotatable bonds is 10. The molecular weight excluding hydrogens is 479 g/mol. The number of halogens is 2. The standard InChI is InChI=1S/C24H28Cl2N4O4/c25-16-5-6-17(26)21-15(16)11-19(29-21)24(34)30-18(8-12-3-4-12)20(31)10-14(22(27)32)9-13-2-1-7-28-23(13)33/h5-6,12-14,18H,1-4,7-11H2,(H2,27,32)(H,28,33)(H,30,34)/t13-,14+,18-/m0/s1. The van der Waals surface area contributed by atoms with Crippen LogP contribution in [0.25, 0.3) is 0 Å². The molecule has 0 spiro atoms. The third-order valence-corrected chi connectivity index (χ3v) is 7.47. The number of Topliss-reactive ketones (excluding diaryl/α,β-unsaturated/α-hetero) is 1. The quantitative estimate of drug-likeness (QED) is 0.450. The minimum Gasteiger partial charge on any atom is -0.369 e. The zero-order chi connectivity index (χ0) is 24.4. The third kappa shape index (κ3) is 5.78. The van der Waals surface area contributed by atoms with Gasteiger partial charge in [0.05, 0.1) is 16.8 Å². The number of nitrogens with one attached hydrogen (secondary N) is 2. The number of carbonyl (C=O) groups is 4. The first-order chi connectivity index (χ1) is 16.2. The molecule has 2 fully saturated rings. The van der Waals surface area contributed by atoms with E-state index in [9.17, 15) is 19.2 Å². The summed E-state index contributed by atoms with van der Waals surface area (Å²) in [6.07, 6.45) is 4.34. The van der Waals surface area contributed by atoms with Crippen molar-refractivity contribution in [2.24, 2.45) is 28.5 Å². The van der Waals surface area contributed by atoms with Crippen molar-refractivity contribution in [3.05, 3.63) is 27.7 Å². The Kier molecular flexibility index (Phi) is 7.57. The summed E-state index contributed by atoms with van der Waals surface area (Å²) >= 11 is 12.4.